The van der Waals surface area contributed by atoms with Gasteiger partial charge in [0.05, 0.1) is 5.52 Å². The van der Waals surface area contributed by atoms with Crippen LogP contribution in [-0.4, -0.2) is 21.6 Å². The van der Waals surface area contributed by atoms with Gasteiger partial charge < -0.3 is 0 Å². The summed E-state index contributed by atoms with van der Waals surface area (Å²) in [6, 6.07) is 7.49. The van der Waals surface area contributed by atoms with E-state index in [0.717, 1.165) is 10.9 Å². The lowest BCUT2D eigenvalue weighted by Crippen LogP contribution is -2.35. The summed E-state index contributed by atoms with van der Waals surface area (Å²) >= 11 is 0. The first-order chi connectivity index (χ1) is 8.72. The number of carbonyl (C=O) groups excluding carboxylic acids is 1. The van der Waals surface area contributed by atoms with Gasteiger partial charge in [-0.15, -0.1) is 0 Å². The van der Waals surface area contributed by atoms with Gasteiger partial charge in [0, 0.05) is 5.39 Å². The van der Waals surface area contributed by atoms with Gasteiger partial charge >= 0.3 is 0 Å². The SMILES string of the molecule is CC(=NNc1ncnc2ccccc12)C(=O)NN. The Morgan fingerprint density at radius 2 is 2.11 bits per heavy atom. The number of nitrogens with two attached hydrogens (primary N) is 1. The summed E-state index contributed by atoms with van der Waals surface area (Å²) in [6.07, 6.45) is 1.43. The van der Waals surface area contributed by atoms with Gasteiger partial charge in [0.15, 0.2) is 5.82 Å². The summed E-state index contributed by atoms with van der Waals surface area (Å²) in [7, 11) is 0. The van der Waals surface area contributed by atoms with Gasteiger partial charge in [0.1, 0.15) is 12.0 Å². The third-order valence-electron chi connectivity index (χ3n) is 2.33. The monoisotopic (exact) mass is 244 g/mol. The number of aromatic nitrogens is 2. The number of benzene rings is 1. The third kappa shape index (κ3) is 2.41. The van der Waals surface area contributed by atoms with E-state index in [-0.39, 0.29) is 5.71 Å². The van der Waals surface area contributed by atoms with Crippen LogP contribution in [0.25, 0.3) is 10.9 Å². The van der Waals surface area contributed by atoms with E-state index >= 15 is 0 Å². The van der Waals surface area contributed by atoms with E-state index in [2.05, 4.69) is 20.5 Å². The van der Waals surface area contributed by atoms with E-state index in [9.17, 15) is 4.79 Å². The smallest absolute Gasteiger partial charge is 0.281 e. The molecule has 2 aromatic rings. The van der Waals surface area contributed by atoms with Gasteiger partial charge in [0.25, 0.3) is 5.91 Å². The molecule has 0 spiro atoms. The van der Waals surface area contributed by atoms with Crippen molar-refractivity contribution in [2.75, 3.05) is 5.43 Å². The highest BCUT2D eigenvalue weighted by Crippen LogP contribution is 2.17. The number of nitrogens with one attached hydrogen (secondary N) is 2. The minimum absolute atomic E-state index is 0.209. The molecule has 2 rings (SSSR count). The number of hydrogen-bond acceptors (Lipinski definition) is 6. The van der Waals surface area contributed by atoms with Gasteiger partial charge in [-0.05, 0) is 19.1 Å². The maximum absolute atomic E-state index is 11.2. The quantitative estimate of drug-likeness (QED) is 0.314. The van der Waals surface area contributed by atoms with E-state index in [0.29, 0.717) is 5.82 Å². The van der Waals surface area contributed by atoms with Gasteiger partial charge in [-0.2, -0.15) is 5.10 Å². The van der Waals surface area contributed by atoms with E-state index in [4.69, 9.17) is 5.84 Å². The molecule has 7 heteroatoms. The number of para-hydroxylation sites is 1. The molecule has 4 N–H and O–H groups in total. The van der Waals surface area contributed by atoms with Gasteiger partial charge in [0.2, 0.25) is 0 Å². The Morgan fingerprint density at radius 3 is 2.89 bits per heavy atom. The molecule has 0 aliphatic heterocycles. The van der Waals surface area contributed by atoms with Crippen molar-refractivity contribution in [3.8, 4) is 0 Å². The summed E-state index contributed by atoms with van der Waals surface area (Å²) in [5.41, 5.74) is 5.72. The number of hydrazine groups is 1. The molecule has 0 saturated carbocycles. The highest BCUT2D eigenvalue weighted by atomic mass is 16.2. The summed E-state index contributed by atoms with van der Waals surface area (Å²) in [5.74, 6) is 5.07. The predicted molar refractivity (Wildman–Crippen MR) is 68.6 cm³/mol. The van der Waals surface area contributed by atoms with Crippen molar-refractivity contribution in [3.63, 3.8) is 0 Å². The van der Waals surface area contributed by atoms with Crippen LogP contribution in [-0.2, 0) is 4.79 Å². The average Bonchev–Trinajstić information content (AvgIpc) is 2.43. The van der Waals surface area contributed by atoms with Crippen LogP contribution in [0.3, 0.4) is 0 Å². The molecule has 0 radical (unpaired) electrons. The highest BCUT2D eigenvalue weighted by molar-refractivity contribution is 6.37. The lowest BCUT2D eigenvalue weighted by molar-refractivity contribution is -0.114. The number of amides is 1. The normalized spacial score (nSPS) is 11.3. The number of carbonyl (C=O) groups is 1. The van der Waals surface area contributed by atoms with Crippen molar-refractivity contribution in [1.82, 2.24) is 15.4 Å². The molecule has 92 valence electrons. The fraction of sp³-hybridized carbons (Fsp3) is 0.0909. The van der Waals surface area contributed by atoms with E-state index in [1.807, 2.05) is 29.7 Å². The Labute approximate surface area is 103 Å². The molecule has 1 heterocycles. The number of fused-ring (bicyclic) bond motifs is 1. The maximum Gasteiger partial charge on any atom is 0.281 e. The second-order valence-electron chi connectivity index (χ2n) is 3.52. The van der Waals surface area contributed by atoms with Crippen molar-refractivity contribution >= 4 is 28.3 Å². The lowest BCUT2D eigenvalue weighted by Gasteiger charge is -2.04. The molecule has 0 saturated heterocycles. The Balaban J connectivity index is 2.30. The zero-order chi connectivity index (χ0) is 13.0. The first-order valence-electron chi connectivity index (χ1n) is 5.23. The fourth-order valence-electron chi connectivity index (χ4n) is 1.39. The van der Waals surface area contributed by atoms with E-state index in [1.165, 1.54) is 6.33 Å². The molecule has 0 unspecified atom stereocenters. The van der Waals surface area contributed by atoms with Crippen molar-refractivity contribution in [1.29, 1.82) is 0 Å². The predicted octanol–water partition coefficient (Wildman–Crippen LogP) is 0.407. The fourth-order valence-corrected chi connectivity index (χ4v) is 1.39. The summed E-state index contributed by atoms with van der Waals surface area (Å²) < 4.78 is 0. The Morgan fingerprint density at radius 1 is 1.33 bits per heavy atom. The van der Waals surface area contributed by atoms with Crippen LogP contribution < -0.4 is 16.7 Å². The van der Waals surface area contributed by atoms with Crippen LogP contribution in [0.1, 0.15) is 6.92 Å². The zero-order valence-electron chi connectivity index (χ0n) is 9.71. The number of rotatable bonds is 3. The van der Waals surface area contributed by atoms with Crippen LogP contribution in [0.15, 0.2) is 35.7 Å². The molecule has 0 aliphatic rings. The number of anilines is 1. The standard InChI is InChI=1S/C11H12N6O/c1-7(11(18)15-12)16-17-10-8-4-2-3-5-9(8)13-6-14-10/h2-6H,12H2,1H3,(H,15,18)(H,13,14,17). The molecule has 1 aromatic heterocycles. The number of nitrogens with zero attached hydrogens (tertiary/aromatic N) is 3. The summed E-state index contributed by atoms with van der Waals surface area (Å²) in [6.45, 7) is 1.54. The molecular weight excluding hydrogens is 232 g/mol. The molecular formula is C11H12N6O. The first kappa shape index (κ1) is 11.9. The van der Waals surface area contributed by atoms with Gasteiger partial charge in [-0.1, -0.05) is 12.1 Å². The van der Waals surface area contributed by atoms with Crippen molar-refractivity contribution in [2.24, 2.45) is 10.9 Å². The second-order valence-corrected chi connectivity index (χ2v) is 3.52. The topological polar surface area (TPSA) is 105 Å². The Hall–Kier alpha value is -2.54. The van der Waals surface area contributed by atoms with Gasteiger partial charge in [-0.25, -0.2) is 15.8 Å². The highest BCUT2D eigenvalue weighted by Gasteiger charge is 2.04. The van der Waals surface area contributed by atoms with Crippen molar-refractivity contribution < 1.29 is 4.79 Å². The third-order valence-corrected chi connectivity index (χ3v) is 2.33. The minimum atomic E-state index is -0.458. The average molecular weight is 244 g/mol. The van der Waals surface area contributed by atoms with Crippen molar-refractivity contribution in [2.45, 2.75) is 6.92 Å². The Bertz CT molecular complexity index is 604. The van der Waals surface area contributed by atoms with Crippen LogP contribution in [0.4, 0.5) is 5.82 Å². The minimum Gasteiger partial charge on any atom is -0.289 e. The van der Waals surface area contributed by atoms with E-state index < -0.39 is 5.91 Å². The van der Waals surface area contributed by atoms with Crippen LogP contribution in [0, 0.1) is 0 Å². The molecule has 0 aliphatic carbocycles. The first-order valence-corrected chi connectivity index (χ1v) is 5.23. The number of hydrazone groups is 1. The molecule has 1 aromatic carbocycles. The molecule has 0 fully saturated rings. The summed E-state index contributed by atoms with van der Waals surface area (Å²) in [5, 5.41) is 4.72. The van der Waals surface area contributed by atoms with Crippen molar-refractivity contribution in [3.05, 3.63) is 30.6 Å². The largest absolute Gasteiger partial charge is 0.289 e. The molecule has 18 heavy (non-hydrogen) atoms. The van der Waals surface area contributed by atoms with Crippen LogP contribution in [0.2, 0.25) is 0 Å². The second kappa shape index (κ2) is 5.19. The van der Waals surface area contributed by atoms with Crippen LogP contribution in [0.5, 0.6) is 0 Å². The molecule has 0 bridgehead atoms. The van der Waals surface area contributed by atoms with Crippen LogP contribution >= 0.6 is 0 Å². The lowest BCUT2D eigenvalue weighted by atomic mass is 10.2. The molecule has 0 atom stereocenters. The Kier molecular flexibility index (Phi) is 3.44. The maximum atomic E-state index is 11.2. The summed E-state index contributed by atoms with van der Waals surface area (Å²) in [4.78, 5) is 19.4. The molecule has 1 amide bonds. The molecule has 7 nitrogen and oxygen atoms in total. The van der Waals surface area contributed by atoms with E-state index in [1.54, 1.807) is 6.92 Å². The van der Waals surface area contributed by atoms with Gasteiger partial charge in [-0.3, -0.25) is 15.6 Å². The number of hydrogen-bond donors (Lipinski definition) is 3. The zero-order valence-corrected chi connectivity index (χ0v) is 9.71.